The van der Waals surface area contributed by atoms with Crippen molar-refractivity contribution < 1.29 is 14.3 Å². The summed E-state index contributed by atoms with van der Waals surface area (Å²) in [5, 5.41) is 0.900. The fourth-order valence-electron chi connectivity index (χ4n) is 2.09. The lowest BCUT2D eigenvalue weighted by Crippen LogP contribution is -2.06. The van der Waals surface area contributed by atoms with Crippen LogP contribution in [0.4, 0.5) is 0 Å². The average molecular weight is 315 g/mol. The smallest absolute Gasteiger partial charge is 0.338 e. The van der Waals surface area contributed by atoms with Crippen LogP contribution in [0.1, 0.15) is 56.1 Å². The van der Waals surface area contributed by atoms with Gasteiger partial charge in [-0.1, -0.05) is 26.3 Å². The molecule has 3 rings (SSSR count). The zero-order valence-corrected chi connectivity index (χ0v) is 14.4. The van der Waals surface area contributed by atoms with E-state index in [0.29, 0.717) is 17.9 Å². The Morgan fingerprint density at radius 2 is 1.91 bits per heavy atom. The maximum atomic E-state index is 11.9. The molecule has 1 fully saturated rings. The van der Waals surface area contributed by atoms with Gasteiger partial charge in [0.1, 0.15) is 11.3 Å². The van der Waals surface area contributed by atoms with E-state index in [2.05, 4.69) is 18.8 Å². The standard InChI is InChI=1S/C16H17NO3.C3H8/c1-3-19-16(18)12-8-11-5-4-10(2)17-15(11)14(9-12)20-13-6-7-13;1-3-2/h4-5,8-9,13H,3,6-7H2,1-2H3;3H2,1-2H3. The number of benzene rings is 1. The molecule has 0 bridgehead atoms. The van der Waals surface area contributed by atoms with Gasteiger partial charge in [0, 0.05) is 11.1 Å². The Morgan fingerprint density at radius 1 is 1.22 bits per heavy atom. The molecule has 4 heteroatoms. The lowest BCUT2D eigenvalue weighted by molar-refractivity contribution is 0.0526. The second-order valence-corrected chi connectivity index (χ2v) is 5.74. The summed E-state index contributed by atoms with van der Waals surface area (Å²) >= 11 is 0. The van der Waals surface area contributed by atoms with E-state index < -0.39 is 0 Å². The van der Waals surface area contributed by atoms with E-state index in [4.69, 9.17) is 9.47 Å². The van der Waals surface area contributed by atoms with E-state index in [1.165, 1.54) is 6.42 Å². The van der Waals surface area contributed by atoms with Crippen LogP contribution in [-0.4, -0.2) is 23.7 Å². The largest absolute Gasteiger partial charge is 0.488 e. The molecule has 0 aliphatic heterocycles. The molecule has 0 radical (unpaired) electrons. The first kappa shape index (κ1) is 17.3. The van der Waals surface area contributed by atoms with E-state index in [9.17, 15) is 4.79 Å². The molecule has 1 aliphatic rings. The van der Waals surface area contributed by atoms with Crippen LogP contribution in [0.5, 0.6) is 5.75 Å². The Balaban J connectivity index is 0.000000595. The Kier molecular flexibility index (Phi) is 5.97. The second kappa shape index (κ2) is 7.95. The molecule has 0 unspecified atom stereocenters. The number of aryl methyl sites for hydroxylation is 1. The van der Waals surface area contributed by atoms with Crippen LogP contribution in [0.25, 0.3) is 10.9 Å². The normalized spacial score (nSPS) is 13.2. The highest BCUT2D eigenvalue weighted by molar-refractivity contribution is 5.97. The van der Waals surface area contributed by atoms with Crippen molar-refractivity contribution in [1.82, 2.24) is 4.98 Å². The maximum Gasteiger partial charge on any atom is 0.338 e. The van der Waals surface area contributed by atoms with Crippen molar-refractivity contribution in [3.8, 4) is 5.75 Å². The number of pyridine rings is 1. The molecule has 124 valence electrons. The summed E-state index contributed by atoms with van der Waals surface area (Å²) in [6, 6.07) is 7.43. The van der Waals surface area contributed by atoms with Crippen molar-refractivity contribution in [1.29, 1.82) is 0 Å². The van der Waals surface area contributed by atoms with E-state index >= 15 is 0 Å². The molecular weight excluding hydrogens is 290 g/mol. The number of ether oxygens (including phenoxy) is 2. The quantitative estimate of drug-likeness (QED) is 0.769. The molecule has 1 saturated carbocycles. The SMILES string of the molecule is CCC.CCOC(=O)c1cc(OC2CC2)c2nc(C)ccc2c1. The Labute approximate surface area is 137 Å². The van der Waals surface area contributed by atoms with Gasteiger partial charge in [0.25, 0.3) is 0 Å². The molecule has 1 aromatic heterocycles. The van der Waals surface area contributed by atoms with Gasteiger partial charge in [0.2, 0.25) is 0 Å². The van der Waals surface area contributed by atoms with Crippen molar-refractivity contribution in [2.75, 3.05) is 6.61 Å². The number of rotatable bonds is 4. The van der Waals surface area contributed by atoms with E-state index in [-0.39, 0.29) is 12.1 Å². The van der Waals surface area contributed by atoms with Crippen molar-refractivity contribution in [3.05, 3.63) is 35.5 Å². The molecule has 0 N–H and O–H groups in total. The van der Waals surface area contributed by atoms with Gasteiger partial charge in [-0.3, -0.25) is 0 Å². The summed E-state index contributed by atoms with van der Waals surface area (Å²) in [6.45, 7) is 8.35. The van der Waals surface area contributed by atoms with Gasteiger partial charge >= 0.3 is 5.97 Å². The molecule has 0 spiro atoms. The summed E-state index contributed by atoms with van der Waals surface area (Å²) in [4.78, 5) is 16.4. The highest BCUT2D eigenvalue weighted by atomic mass is 16.5. The highest BCUT2D eigenvalue weighted by Gasteiger charge is 2.25. The van der Waals surface area contributed by atoms with E-state index in [0.717, 1.165) is 29.4 Å². The molecular formula is C19H25NO3. The lowest BCUT2D eigenvalue weighted by atomic mass is 10.1. The minimum absolute atomic E-state index is 0.262. The number of esters is 1. The molecule has 1 aromatic carbocycles. The predicted molar refractivity (Wildman–Crippen MR) is 92.1 cm³/mol. The van der Waals surface area contributed by atoms with Gasteiger partial charge in [-0.25, -0.2) is 9.78 Å². The van der Waals surface area contributed by atoms with Gasteiger partial charge < -0.3 is 9.47 Å². The van der Waals surface area contributed by atoms with E-state index in [1.807, 2.05) is 19.1 Å². The van der Waals surface area contributed by atoms with Crippen molar-refractivity contribution in [2.24, 2.45) is 0 Å². The first-order valence-electron chi connectivity index (χ1n) is 8.34. The predicted octanol–water partition coefficient (Wildman–Crippen LogP) is 4.68. The Bertz CT molecular complexity index is 678. The Hall–Kier alpha value is -2.10. The average Bonchev–Trinajstić information content (AvgIpc) is 3.32. The molecule has 1 aliphatic carbocycles. The number of carbonyl (C=O) groups excluding carboxylic acids is 1. The maximum absolute atomic E-state index is 11.9. The second-order valence-electron chi connectivity index (χ2n) is 5.74. The van der Waals surface area contributed by atoms with Gasteiger partial charge in [-0.15, -0.1) is 0 Å². The van der Waals surface area contributed by atoms with Crippen LogP contribution in [-0.2, 0) is 4.74 Å². The van der Waals surface area contributed by atoms with Crippen LogP contribution in [0.3, 0.4) is 0 Å². The first-order valence-corrected chi connectivity index (χ1v) is 8.34. The van der Waals surface area contributed by atoms with Crippen molar-refractivity contribution >= 4 is 16.9 Å². The zero-order chi connectivity index (χ0) is 16.8. The third kappa shape index (κ3) is 4.68. The Morgan fingerprint density at radius 3 is 2.52 bits per heavy atom. The van der Waals surface area contributed by atoms with E-state index in [1.54, 1.807) is 19.1 Å². The summed E-state index contributed by atoms with van der Waals surface area (Å²) in [6.07, 6.45) is 3.64. The fourth-order valence-corrected chi connectivity index (χ4v) is 2.09. The van der Waals surface area contributed by atoms with Crippen LogP contribution in [0.2, 0.25) is 0 Å². The van der Waals surface area contributed by atoms with Gasteiger partial charge in [-0.2, -0.15) is 0 Å². The van der Waals surface area contributed by atoms with Crippen molar-refractivity contribution in [3.63, 3.8) is 0 Å². The summed E-state index contributed by atoms with van der Waals surface area (Å²) < 4.78 is 11.0. The third-order valence-corrected chi connectivity index (χ3v) is 3.23. The molecule has 0 amide bonds. The topological polar surface area (TPSA) is 48.4 Å². The van der Waals surface area contributed by atoms with Gasteiger partial charge in [-0.05, 0) is 44.9 Å². The van der Waals surface area contributed by atoms with Gasteiger partial charge in [0.15, 0.2) is 0 Å². The number of fused-ring (bicyclic) bond motifs is 1. The van der Waals surface area contributed by atoms with Crippen LogP contribution in [0, 0.1) is 6.92 Å². The number of hydrogen-bond acceptors (Lipinski definition) is 4. The molecule has 2 aromatic rings. The fraction of sp³-hybridized carbons (Fsp3) is 0.474. The molecule has 1 heterocycles. The molecule has 0 atom stereocenters. The molecule has 0 saturated heterocycles. The lowest BCUT2D eigenvalue weighted by Gasteiger charge is -2.11. The zero-order valence-electron chi connectivity index (χ0n) is 14.4. The van der Waals surface area contributed by atoms with Crippen LogP contribution >= 0.6 is 0 Å². The van der Waals surface area contributed by atoms with Crippen LogP contribution < -0.4 is 4.74 Å². The molecule has 23 heavy (non-hydrogen) atoms. The van der Waals surface area contributed by atoms with Crippen molar-refractivity contribution in [2.45, 2.75) is 53.1 Å². The highest BCUT2D eigenvalue weighted by Crippen LogP contribution is 2.32. The summed E-state index contributed by atoms with van der Waals surface area (Å²) in [5.41, 5.74) is 2.26. The first-order chi connectivity index (χ1) is 11.1. The number of hydrogen-bond donors (Lipinski definition) is 0. The minimum Gasteiger partial charge on any atom is -0.488 e. The molecule has 4 nitrogen and oxygen atoms in total. The number of aromatic nitrogens is 1. The van der Waals surface area contributed by atoms with Gasteiger partial charge in [0.05, 0.1) is 18.3 Å². The van der Waals surface area contributed by atoms with Crippen LogP contribution in [0.15, 0.2) is 24.3 Å². The third-order valence-electron chi connectivity index (χ3n) is 3.23. The number of carbonyl (C=O) groups is 1. The number of nitrogens with zero attached hydrogens (tertiary/aromatic N) is 1. The summed E-state index contributed by atoms with van der Waals surface area (Å²) in [7, 11) is 0. The minimum atomic E-state index is -0.323. The summed E-state index contributed by atoms with van der Waals surface area (Å²) in [5.74, 6) is 0.354. The monoisotopic (exact) mass is 315 g/mol.